The van der Waals surface area contributed by atoms with E-state index in [-0.39, 0.29) is 28.5 Å². The number of aliphatic hydroxyl groups excluding tert-OH is 1. The molecule has 1 N–H and O–H groups in total. The smallest absolute Gasteiger partial charge is 0.410 e. The largest absolute Gasteiger partial charge is 0.453 e. The number of nitrogens with zero attached hydrogens (tertiary/aromatic N) is 5. The Morgan fingerprint density at radius 2 is 2.03 bits per heavy atom. The maximum absolute atomic E-state index is 14.4. The molecule has 8 nitrogen and oxygen atoms in total. The van der Waals surface area contributed by atoms with Crippen LogP contribution in [0.3, 0.4) is 0 Å². The van der Waals surface area contributed by atoms with E-state index in [9.17, 15) is 14.3 Å². The molecule has 2 aromatic rings. The third-order valence-electron chi connectivity index (χ3n) is 4.76. The molecule has 158 valence electrons. The number of anilines is 1. The van der Waals surface area contributed by atoms with Gasteiger partial charge >= 0.3 is 6.09 Å². The van der Waals surface area contributed by atoms with Crippen molar-refractivity contribution in [2.75, 3.05) is 25.1 Å². The van der Waals surface area contributed by atoms with Crippen LogP contribution in [0.15, 0.2) is 6.20 Å². The number of hydrogen-bond donors (Lipinski definition) is 1. The lowest BCUT2D eigenvalue weighted by Gasteiger charge is -2.46. The fourth-order valence-electron chi connectivity index (χ4n) is 3.71. The molecule has 0 aromatic carbocycles. The zero-order chi connectivity index (χ0) is 21.5. The summed E-state index contributed by atoms with van der Waals surface area (Å²) in [6, 6.07) is -0.375. The molecular weight excluding hydrogens is 424 g/mol. The summed E-state index contributed by atoms with van der Waals surface area (Å²) in [5, 5.41) is 10.3. The number of aliphatic hydroxyl groups is 1. The highest BCUT2D eigenvalue weighted by Gasteiger charge is 2.39. The van der Waals surface area contributed by atoms with Gasteiger partial charge in [-0.2, -0.15) is 4.98 Å². The highest BCUT2D eigenvalue weighted by molar-refractivity contribution is 6.30. The molecule has 11 heteroatoms. The van der Waals surface area contributed by atoms with Crippen molar-refractivity contribution in [3.05, 3.63) is 22.5 Å². The van der Waals surface area contributed by atoms with Crippen molar-refractivity contribution in [1.29, 1.82) is 0 Å². The Kier molecular flexibility index (Phi) is 6.03. The van der Waals surface area contributed by atoms with Crippen molar-refractivity contribution >= 4 is 46.0 Å². The summed E-state index contributed by atoms with van der Waals surface area (Å²) in [7, 11) is 1.31. The lowest BCUT2D eigenvalue weighted by atomic mass is 9.96. The number of fused-ring (bicyclic) bond motifs is 1. The number of amides is 1. The molecule has 0 radical (unpaired) electrons. The molecule has 0 bridgehead atoms. The maximum Gasteiger partial charge on any atom is 0.410 e. The number of piperidine rings is 1. The Morgan fingerprint density at radius 3 is 2.66 bits per heavy atom. The minimum Gasteiger partial charge on any atom is -0.453 e. The summed E-state index contributed by atoms with van der Waals surface area (Å²) < 4.78 is 19.4. The molecule has 0 unspecified atom stereocenters. The number of β-amino-alcohol motifs (C(OH)–C–C–N with tert-alkyl or cyclic N) is 1. The minimum atomic E-state index is -0.797. The van der Waals surface area contributed by atoms with Gasteiger partial charge in [0.25, 0.3) is 0 Å². The summed E-state index contributed by atoms with van der Waals surface area (Å²) in [5.41, 5.74) is -0.607. The van der Waals surface area contributed by atoms with Gasteiger partial charge in [-0.25, -0.2) is 19.2 Å². The van der Waals surface area contributed by atoms with Crippen LogP contribution in [0.25, 0.3) is 10.9 Å². The summed E-state index contributed by atoms with van der Waals surface area (Å²) in [6.07, 6.45) is 0.473. The van der Waals surface area contributed by atoms with E-state index < -0.39 is 23.6 Å². The minimum absolute atomic E-state index is 0.0581. The molecular formula is C18H22Cl2FN5O3. The zero-order valence-corrected chi connectivity index (χ0v) is 18.0. The average molecular weight is 446 g/mol. The van der Waals surface area contributed by atoms with Crippen molar-refractivity contribution in [2.45, 2.75) is 44.9 Å². The number of aromatic nitrogens is 3. The van der Waals surface area contributed by atoms with Gasteiger partial charge in [0.05, 0.1) is 24.6 Å². The third kappa shape index (κ3) is 4.31. The van der Waals surface area contributed by atoms with Gasteiger partial charge in [-0.05, 0) is 38.8 Å². The molecule has 1 aliphatic rings. The molecule has 2 aromatic heterocycles. The van der Waals surface area contributed by atoms with Crippen molar-refractivity contribution in [3.8, 4) is 0 Å². The van der Waals surface area contributed by atoms with Gasteiger partial charge in [0.15, 0.2) is 11.0 Å². The van der Waals surface area contributed by atoms with E-state index in [1.807, 2.05) is 20.8 Å². The SMILES string of the molecule is COC(=O)N([C@H]1C[C@@H](O)CN(c2nc(Cl)nc3c(F)c(Cl)ncc23)C1)C(C)(C)C. The zero-order valence-electron chi connectivity index (χ0n) is 16.5. The monoisotopic (exact) mass is 445 g/mol. The fourth-order valence-corrected chi connectivity index (χ4v) is 4.01. The Bertz CT molecular complexity index is 940. The van der Waals surface area contributed by atoms with Crippen LogP contribution in [0.5, 0.6) is 0 Å². The van der Waals surface area contributed by atoms with E-state index in [1.54, 1.807) is 9.80 Å². The van der Waals surface area contributed by atoms with E-state index in [2.05, 4.69) is 15.0 Å². The summed E-state index contributed by atoms with van der Waals surface area (Å²) >= 11 is 11.8. The Hall–Kier alpha value is -1.97. The summed E-state index contributed by atoms with van der Waals surface area (Å²) in [6.45, 7) is 6.20. The molecule has 1 aliphatic heterocycles. The van der Waals surface area contributed by atoms with Crippen LogP contribution in [0.4, 0.5) is 15.0 Å². The number of hydrogen-bond acceptors (Lipinski definition) is 7. The van der Waals surface area contributed by atoms with Crippen LogP contribution in [-0.2, 0) is 4.74 Å². The van der Waals surface area contributed by atoms with Crippen LogP contribution in [-0.4, -0.2) is 68.9 Å². The quantitative estimate of drug-likeness (QED) is 0.559. The van der Waals surface area contributed by atoms with Crippen molar-refractivity contribution < 1.29 is 19.0 Å². The van der Waals surface area contributed by atoms with Gasteiger partial charge in [-0.1, -0.05) is 11.6 Å². The Labute approximate surface area is 177 Å². The predicted molar refractivity (Wildman–Crippen MR) is 108 cm³/mol. The van der Waals surface area contributed by atoms with Gasteiger partial charge in [0.1, 0.15) is 11.3 Å². The molecule has 1 saturated heterocycles. The number of pyridine rings is 1. The van der Waals surface area contributed by atoms with Crippen LogP contribution < -0.4 is 4.90 Å². The van der Waals surface area contributed by atoms with E-state index >= 15 is 0 Å². The second kappa shape index (κ2) is 8.04. The molecule has 1 amide bonds. The standard InChI is InChI=1S/C18H22Cl2FN5O3/c1-18(2,3)26(17(28)29-4)9-5-10(27)8-25(7-9)15-11-6-22-14(19)12(21)13(11)23-16(20)24-15/h6,9-10,27H,5,7-8H2,1-4H3/t9-,10+/m0/s1. The molecule has 0 saturated carbocycles. The summed E-state index contributed by atoms with van der Waals surface area (Å²) in [4.78, 5) is 27.8. The number of carbonyl (C=O) groups is 1. The molecule has 3 heterocycles. The molecule has 0 aliphatic carbocycles. The van der Waals surface area contributed by atoms with E-state index in [4.69, 9.17) is 27.9 Å². The van der Waals surface area contributed by atoms with Gasteiger partial charge in [0, 0.05) is 24.8 Å². The normalized spacial score (nSPS) is 20.1. The molecule has 3 rings (SSSR count). The van der Waals surface area contributed by atoms with E-state index in [0.717, 1.165) is 0 Å². The summed E-state index contributed by atoms with van der Waals surface area (Å²) in [5.74, 6) is -0.486. The highest BCUT2D eigenvalue weighted by atomic mass is 35.5. The van der Waals surface area contributed by atoms with Crippen molar-refractivity contribution in [3.63, 3.8) is 0 Å². The van der Waals surface area contributed by atoms with Crippen molar-refractivity contribution in [1.82, 2.24) is 19.9 Å². The number of carbonyl (C=O) groups excluding carboxylic acids is 1. The highest BCUT2D eigenvalue weighted by Crippen LogP contribution is 2.32. The predicted octanol–water partition coefficient (Wildman–Crippen LogP) is 3.28. The van der Waals surface area contributed by atoms with E-state index in [0.29, 0.717) is 24.2 Å². The molecule has 1 fully saturated rings. The number of ether oxygens (including phenoxy) is 1. The topological polar surface area (TPSA) is 91.7 Å². The number of rotatable bonds is 2. The van der Waals surface area contributed by atoms with Gasteiger partial charge in [-0.3, -0.25) is 4.90 Å². The van der Waals surface area contributed by atoms with Gasteiger partial charge in [-0.15, -0.1) is 0 Å². The Morgan fingerprint density at radius 1 is 1.34 bits per heavy atom. The van der Waals surface area contributed by atoms with Crippen LogP contribution in [0.2, 0.25) is 10.4 Å². The second-order valence-electron chi connectivity index (χ2n) is 7.90. The van der Waals surface area contributed by atoms with Gasteiger partial charge in [0.2, 0.25) is 5.28 Å². The lowest BCUT2D eigenvalue weighted by molar-refractivity contribution is 0.0290. The molecule has 0 spiro atoms. The molecule has 2 atom stereocenters. The first-order valence-electron chi connectivity index (χ1n) is 9.00. The first-order valence-corrected chi connectivity index (χ1v) is 9.76. The second-order valence-corrected chi connectivity index (χ2v) is 8.60. The lowest BCUT2D eigenvalue weighted by Crippen LogP contribution is -2.59. The maximum atomic E-state index is 14.4. The van der Waals surface area contributed by atoms with Crippen LogP contribution >= 0.6 is 23.2 Å². The first-order chi connectivity index (χ1) is 13.5. The van der Waals surface area contributed by atoms with Crippen LogP contribution in [0, 0.1) is 5.82 Å². The fraction of sp³-hybridized carbons (Fsp3) is 0.556. The third-order valence-corrected chi connectivity index (χ3v) is 5.19. The number of methoxy groups -OCH3 is 1. The van der Waals surface area contributed by atoms with Gasteiger partial charge < -0.3 is 14.7 Å². The number of halogens is 3. The average Bonchev–Trinajstić information content (AvgIpc) is 2.63. The van der Waals surface area contributed by atoms with Crippen LogP contribution in [0.1, 0.15) is 27.2 Å². The van der Waals surface area contributed by atoms with E-state index in [1.165, 1.54) is 13.3 Å². The first kappa shape index (κ1) is 21.7. The molecule has 29 heavy (non-hydrogen) atoms. The van der Waals surface area contributed by atoms with Crippen molar-refractivity contribution in [2.24, 2.45) is 0 Å². The Balaban J connectivity index is 2.06.